The summed E-state index contributed by atoms with van der Waals surface area (Å²) in [5, 5.41) is 0.767. The fraction of sp³-hybridized carbons (Fsp3) is 0.333. The average Bonchev–Trinajstić information content (AvgIpc) is 2.59. The molecule has 0 aliphatic carbocycles. The van der Waals surface area contributed by atoms with Gasteiger partial charge in [0.05, 0.1) is 0 Å². The van der Waals surface area contributed by atoms with Gasteiger partial charge < -0.3 is 10.3 Å². The lowest BCUT2D eigenvalue weighted by atomic mass is 10.1. The summed E-state index contributed by atoms with van der Waals surface area (Å²) in [5.74, 6) is 0. The highest BCUT2D eigenvalue weighted by atomic mass is 35.5. The van der Waals surface area contributed by atoms with Gasteiger partial charge in [-0.2, -0.15) is 0 Å². The van der Waals surface area contributed by atoms with Crippen LogP contribution in [0, 0.1) is 20.8 Å². The van der Waals surface area contributed by atoms with Gasteiger partial charge in [0.15, 0.2) is 0 Å². The number of rotatable bonds is 3. The fourth-order valence-electron chi connectivity index (χ4n) is 2.43. The Kier molecular flexibility index (Phi) is 3.79. The normalized spacial score (nSPS) is 10.9. The molecule has 0 fully saturated rings. The molecule has 0 spiro atoms. The minimum Gasteiger partial charge on any atom is -0.330 e. The maximum Gasteiger partial charge on any atom is 0.0499 e. The number of halogens is 1. The predicted molar refractivity (Wildman–Crippen MR) is 77.7 cm³/mol. The Labute approximate surface area is 113 Å². The molecular formula is C15H19ClN2. The van der Waals surface area contributed by atoms with Gasteiger partial charge >= 0.3 is 0 Å². The van der Waals surface area contributed by atoms with Gasteiger partial charge in [-0.3, -0.25) is 0 Å². The molecule has 0 radical (unpaired) electrons. The van der Waals surface area contributed by atoms with Crippen LogP contribution in [0.15, 0.2) is 24.3 Å². The van der Waals surface area contributed by atoms with E-state index in [-0.39, 0.29) is 0 Å². The molecule has 0 saturated heterocycles. The molecule has 2 N–H and O–H groups in total. The molecule has 1 heterocycles. The van der Waals surface area contributed by atoms with E-state index >= 15 is 0 Å². The molecule has 1 aromatic carbocycles. The quantitative estimate of drug-likeness (QED) is 0.901. The van der Waals surface area contributed by atoms with Gasteiger partial charge in [0.25, 0.3) is 0 Å². The average molecular weight is 263 g/mol. The molecule has 0 aliphatic rings. The molecule has 2 aromatic rings. The van der Waals surface area contributed by atoms with Crippen molar-refractivity contribution in [3.8, 4) is 5.69 Å². The lowest BCUT2D eigenvalue weighted by molar-refractivity contribution is 0.916. The van der Waals surface area contributed by atoms with E-state index in [4.69, 9.17) is 17.3 Å². The van der Waals surface area contributed by atoms with Crippen LogP contribution in [0.5, 0.6) is 0 Å². The number of aromatic nitrogens is 1. The molecule has 0 unspecified atom stereocenters. The van der Waals surface area contributed by atoms with Gasteiger partial charge in [-0.05, 0) is 63.1 Å². The number of hydrogen-bond donors (Lipinski definition) is 1. The molecule has 3 heteroatoms. The van der Waals surface area contributed by atoms with E-state index < -0.39 is 0 Å². The van der Waals surface area contributed by atoms with Crippen molar-refractivity contribution >= 4 is 11.6 Å². The van der Waals surface area contributed by atoms with Gasteiger partial charge in [0.2, 0.25) is 0 Å². The topological polar surface area (TPSA) is 30.9 Å². The first kappa shape index (κ1) is 13.2. The third-order valence-electron chi connectivity index (χ3n) is 3.36. The van der Waals surface area contributed by atoms with Crippen LogP contribution in [0.2, 0.25) is 5.02 Å². The van der Waals surface area contributed by atoms with Crippen LogP contribution in [-0.4, -0.2) is 11.1 Å². The summed E-state index contributed by atoms with van der Waals surface area (Å²) in [5.41, 5.74) is 11.8. The van der Waals surface area contributed by atoms with Crippen molar-refractivity contribution in [1.82, 2.24) is 4.57 Å². The standard InChI is InChI=1S/C15H19ClN2/c1-10-4-5-14(16)9-15(10)18-11(2)8-13(6-7-17)12(18)3/h4-5,8-9H,6-7,17H2,1-3H3. The molecule has 0 saturated carbocycles. The first-order valence-electron chi connectivity index (χ1n) is 6.19. The highest BCUT2D eigenvalue weighted by molar-refractivity contribution is 6.30. The Balaban J connectivity index is 2.60. The van der Waals surface area contributed by atoms with E-state index in [0.717, 1.165) is 17.1 Å². The Morgan fingerprint density at radius 3 is 2.56 bits per heavy atom. The summed E-state index contributed by atoms with van der Waals surface area (Å²) >= 11 is 6.11. The molecule has 0 atom stereocenters. The lowest BCUT2D eigenvalue weighted by Gasteiger charge is -2.13. The minimum absolute atomic E-state index is 0.679. The Morgan fingerprint density at radius 1 is 1.17 bits per heavy atom. The van der Waals surface area contributed by atoms with Crippen LogP contribution in [-0.2, 0) is 6.42 Å². The zero-order valence-corrected chi connectivity index (χ0v) is 11.9. The first-order chi connectivity index (χ1) is 8.54. The van der Waals surface area contributed by atoms with Crippen molar-refractivity contribution < 1.29 is 0 Å². The third-order valence-corrected chi connectivity index (χ3v) is 3.60. The van der Waals surface area contributed by atoms with E-state index in [0.29, 0.717) is 6.54 Å². The predicted octanol–water partition coefficient (Wildman–Crippen LogP) is 3.56. The summed E-state index contributed by atoms with van der Waals surface area (Å²) in [6.07, 6.45) is 0.916. The zero-order valence-electron chi connectivity index (χ0n) is 11.1. The van der Waals surface area contributed by atoms with Gasteiger partial charge in [0.1, 0.15) is 0 Å². The Bertz CT molecular complexity index is 570. The molecule has 96 valence electrons. The first-order valence-corrected chi connectivity index (χ1v) is 6.56. The largest absolute Gasteiger partial charge is 0.330 e. The summed E-state index contributed by atoms with van der Waals surface area (Å²) in [7, 11) is 0. The number of aryl methyl sites for hydroxylation is 2. The second-order valence-electron chi connectivity index (χ2n) is 4.70. The van der Waals surface area contributed by atoms with Gasteiger partial charge in [0, 0.05) is 22.1 Å². The SMILES string of the molecule is Cc1ccc(Cl)cc1-n1c(C)cc(CCN)c1C. The molecule has 2 nitrogen and oxygen atoms in total. The van der Waals surface area contributed by atoms with Crippen LogP contribution in [0.3, 0.4) is 0 Å². The van der Waals surface area contributed by atoms with Crippen molar-refractivity contribution in [2.24, 2.45) is 5.73 Å². The van der Waals surface area contributed by atoms with Crippen molar-refractivity contribution in [3.05, 3.63) is 51.8 Å². The number of hydrogen-bond acceptors (Lipinski definition) is 1. The van der Waals surface area contributed by atoms with E-state index in [1.807, 2.05) is 12.1 Å². The van der Waals surface area contributed by atoms with Crippen molar-refractivity contribution in [3.63, 3.8) is 0 Å². The summed E-state index contributed by atoms with van der Waals surface area (Å²) in [4.78, 5) is 0. The maximum absolute atomic E-state index is 6.11. The van der Waals surface area contributed by atoms with Crippen molar-refractivity contribution in [2.75, 3.05) is 6.54 Å². The van der Waals surface area contributed by atoms with Crippen molar-refractivity contribution in [2.45, 2.75) is 27.2 Å². The van der Waals surface area contributed by atoms with E-state index in [2.05, 4.69) is 37.5 Å². The van der Waals surface area contributed by atoms with Crippen LogP contribution in [0.1, 0.15) is 22.5 Å². The summed E-state index contributed by atoms with van der Waals surface area (Å²) in [6, 6.07) is 8.21. The minimum atomic E-state index is 0.679. The third kappa shape index (κ3) is 2.31. The maximum atomic E-state index is 6.11. The summed E-state index contributed by atoms with van der Waals surface area (Å²) in [6.45, 7) is 7.04. The van der Waals surface area contributed by atoms with E-state index in [1.165, 1.54) is 22.5 Å². The lowest BCUT2D eigenvalue weighted by Crippen LogP contribution is -2.05. The highest BCUT2D eigenvalue weighted by Crippen LogP contribution is 2.25. The molecule has 2 rings (SSSR count). The van der Waals surface area contributed by atoms with E-state index in [9.17, 15) is 0 Å². The van der Waals surface area contributed by atoms with Gasteiger partial charge in [-0.1, -0.05) is 17.7 Å². The molecule has 18 heavy (non-hydrogen) atoms. The van der Waals surface area contributed by atoms with Crippen LogP contribution < -0.4 is 5.73 Å². The molecule has 1 aromatic heterocycles. The summed E-state index contributed by atoms with van der Waals surface area (Å²) < 4.78 is 2.26. The molecule has 0 amide bonds. The van der Waals surface area contributed by atoms with Gasteiger partial charge in [-0.25, -0.2) is 0 Å². The van der Waals surface area contributed by atoms with Crippen LogP contribution >= 0.6 is 11.6 Å². The zero-order chi connectivity index (χ0) is 13.3. The number of nitrogens with zero attached hydrogens (tertiary/aromatic N) is 1. The second-order valence-corrected chi connectivity index (χ2v) is 5.14. The fourth-order valence-corrected chi connectivity index (χ4v) is 2.60. The second kappa shape index (κ2) is 5.17. The van der Waals surface area contributed by atoms with Crippen LogP contribution in [0.25, 0.3) is 5.69 Å². The monoisotopic (exact) mass is 262 g/mol. The number of benzene rings is 1. The van der Waals surface area contributed by atoms with Crippen LogP contribution in [0.4, 0.5) is 0 Å². The van der Waals surface area contributed by atoms with Gasteiger partial charge in [-0.15, -0.1) is 0 Å². The highest BCUT2D eigenvalue weighted by Gasteiger charge is 2.12. The molecule has 0 bridgehead atoms. The van der Waals surface area contributed by atoms with Crippen molar-refractivity contribution in [1.29, 1.82) is 0 Å². The Hall–Kier alpha value is -1.25. The Morgan fingerprint density at radius 2 is 1.89 bits per heavy atom. The molecular weight excluding hydrogens is 244 g/mol. The number of nitrogens with two attached hydrogens (primary N) is 1. The smallest absolute Gasteiger partial charge is 0.0499 e. The molecule has 0 aliphatic heterocycles. The van der Waals surface area contributed by atoms with E-state index in [1.54, 1.807) is 0 Å².